The normalized spacial score (nSPS) is 12.2. The van der Waals surface area contributed by atoms with Crippen molar-refractivity contribution in [3.05, 3.63) is 48.7 Å². The Balaban J connectivity index is 2.10. The maximum atomic E-state index is 12.7. The van der Waals surface area contributed by atoms with E-state index in [0.717, 1.165) is 16.5 Å². The summed E-state index contributed by atoms with van der Waals surface area (Å²) < 4.78 is 38.2. The molecular formula is C14H15F3N2. The van der Waals surface area contributed by atoms with Crippen LogP contribution in [0.1, 0.15) is 5.56 Å². The molecule has 0 fully saturated rings. The van der Waals surface area contributed by atoms with Crippen LogP contribution >= 0.6 is 0 Å². The molecule has 5 heteroatoms. The van der Waals surface area contributed by atoms with E-state index in [2.05, 4.69) is 11.6 Å². The fraction of sp³-hybridized carbons (Fsp3) is 0.286. The zero-order valence-corrected chi connectivity index (χ0v) is 10.4. The third kappa shape index (κ3) is 3.17. The standard InChI is InChI=1S/C14H15F3N2/c1-2-8-19(14(15,16)17)9-7-11-10-18-13-6-4-3-5-12(11)13/h2-6,10,18H,1,7-9H2. The molecule has 1 aromatic carbocycles. The zero-order valence-electron chi connectivity index (χ0n) is 10.4. The Bertz CT molecular complexity index is 557. The Morgan fingerprint density at radius 3 is 2.68 bits per heavy atom. The van der Waals surface area contributed by atoms with Gasteiger partial charge in [-0.05, 0) is 18.1 Å². The Morgan fingerprint density at radius 1 is 1.26 bits per heavy atom. The van der Waals surface area contributed by atoms with Crippen molar-refractivity contribution in [2.24, 2.45) is 0 Å². The molecule has 1 aromatic heterocycles. The van der Waals surface area contributed by atoms with Crippen LogP contribution in [0.2, 0.25) is 0 Å². The van der Waals surface area contributed by atoms with Gasteiger partial charge in [-0.3, -0.25) is 0 Å². The van der Waals surface area contributed by atoms with Crippen LogP contribution in [-0.4, -0.2) is 29.3 Å². The third-order valence-corrected chi connectivity index (χ3v) is 3.03. The van der Waals surface area contributed by atoms with Gasteiger partial charge in [-0.15, -0.1) is 6.58 Å². The molecule has 0 saturated heterocycles. The van der Waals surface area contributed by atoms with Gasteiger partial charge in [0.2, 0.25) is 0 Å². The van der Waals surface area contributed by atoms with Crippen LogP contribution < -0.4 is 0 Å². The highest BCUT2D eigenvalue weighted by Gasteiger charge is 2.35. The number of nitrogens with zero attached hydrogens (tertiary/aromatic N) is 1. The summed E-state index contributed by atoms with van der Waals surface area (Å²) in [6.07, 6.45) is -0.937. The van der Waals surface area contributed by atoms with Gasteiger partial charge in [0.25, 0.3) is 0 Å². The fourth-order valence-electron chi connectivity index (χ4n) is 2.07. The summed E-state index contributed by atoms with van der Waals surface area (Å²) >= 11 is 0. The topological polar surface area (TPSA) is 19.0 Å². The van der Waals surface area contributed by atoms with E-state index in [-0.39, 0.29) is 13.1 Å². The molecule has 0 spiro atoms. The van der Waals surface area contributed by atoms with E-state index in [9.17, 15) is 13.2 Å². The highest BCUT2D eigenvalue weighted by Crippen LogP contribution is 2.23. The highest BCUT2D eigenvalue weighted by molar-refractivity contribution is 5.83. The summed E-state index contributed by atoms with van der Waals surface area (Å²) in [5, 5.41) is 0.975. The minimum atomic E-state index is -4.32. The highest BCUT2D eigenvalue weighted by atomic mass is 19.4. The van der Waals surface area contributed by atoms with Crippen LogP contribution in [0.5, 0.6) is 0 Å². The number of hydrogen-bond donors (Lipinski definition) is 1. The number of para-hydroxylation sites is 1. The molecule has 2 nitrogen and oxygen atoms in total. The molecule has 0 bridgehead atoms. The quantitative estimate of drug-likeness (QED) is 0.647. The van der Waals surface area contributed by atoms with Gasteiger partial charge in [-0.25, -0.2) is 4.90 Å². The summed E-state index contributed by atoms with van der Waals surface area (Å²) in [5.74, 6) is 0. The second-order valence-electron chi connectivity index (χ2n) is 4.31. The molecule has 0 amide bonds. The smallest absolute Gasteiger partial charge is 0.361 e. The maximum Gasteiger partial charge on any atom is 0.460 e. The number of benzene rings is 1. The number of H-pyrrole nitrogens is 1. The molecule has 0 atom stereocenters. The largest absolute Gasteiger partial charge is 0.460 e. The molecule has 102 valence electrons. The Kier molecular flexibility index (Phi) is 3.95. The summed E-state index contributed by atoms with van der Waals surface area (Å²) in [4.78, 5) is 3.52. The molecule has 0 aliphatic rings. The van der Waals surface area contributed by atoms with Crippen molar-refractivity contribution in [2.75, 3.05) is 13.1 Å². The summed E-state index contributed by atoms with van der Waals surface area (Å²) in [5.41, 5.74) is 1.84. The first-order valence-electron chi connectivity index (χ1n) is 6.00. The van der Waals surface area contributed by atoms with Gasteiger partial charge >= 0.3 is 6.30 Å². The monoisotopic (exact) mass is 268 g/mol. The lowest BCUT2D eigenvalue weighted by Crippen LogP contribution is -2.39. The summed E-state index contributed by atoms with van der Waals surface area (Å²) in [6, 6.07) is 7.59. The second-order valence-corrected chi connectivity index (χ2v) is 4.31. The number of aromatic amines is 1. The minimum absolute atomic E-state index is 0.0721. The molecule has 0 saturated carbocycles. The molecular weight excluding hydrogens is 253 g/mol. The molecule has 1 heterocycles. The second kappa shape index (κ2) is 5.48. The number of nitrogens with one attached hydrogen (secondary N) is 1. The van der Waals surface area contributed by atoms with Crippen molar-refractivity contribution in [3.8, 4) is 0 Å². The van der Waals surface area contributed by atoms with Gasteiger partial charge in [0.1, 0.15) is 0 Å². The zero-order chi connectivity index (χ0) is 13.9. The lowest BCUT2D eigenvalue weighted by atomic mass is 10.1. The molecule has 0 aliphatic carbocycles. The van der Waals surface area contributed by atoms with Crippen LogP contribution in [0, 0.1) is 0 Å². The first-order chi connectivity index (χ1) is 9.02. The van der Waals surface area contributed by atoms with Crippen molar-refractivity contribution >= 4 is 10.9 Å². The molecule has 0 radical (unpaired) electrons. The van der Waals surface area contributed by atoms with Crippen LogP contribution in [0.4, 0.5) is 13.2 Å². The molecule has 19 heavy (non-hydrogen) atoms. The lowest BCUT2D eigenvalue weighted by molar-refractivity contribution is -0.241. The van der Waals surface area contributed by atoms with E-state index in [1.165, 1.54) is 6.08 Å². The maximum absolute atomic E-state index is 12.7. The Labute approximate surface area is 109 Å². The van der Waals surface area contributed by atoms with Gasteiger partial charge in [0, 0.05) is 30.2 Å². The van der Waals surface area contributed by atoms with Gasteiger partial charge < -0.3 is 4.98 Å². The number of rotatable bonds is 5. The van der Waals surface area contributed by atoms with E-state index >= 15 is 0 Å². The van der Waals surface area contributed by atoms with Crippen LogP contribution in [0.25, 0.3) is 10.9 Å². The Morgan fingerprint density at radius 2 is 2.00 bits per heavy atom. The molecule has 0 aliphatic heterocycles. The minimum Gasteiger partial charge on any atom is -0.361 e. The first kappa shape index (κ1) is 13.7. The number of aromatic nitrogens is 1. The SMILES string of the molecule is C=CCN(CCc1c[nH]c2ccccc12)C(F)(F)F. The summed E-state index contributed by atoms with van der Waals surface area (Å²) in [6.45, 7) is 3.10. The van der Waals surface area contributed by atoms with Gasteiger partial charge in [0.05, 0.1) is 0 Å². The van der Waals surface area contributed by atoms with Gasteiger partial charge in [-0.1, -0.05) is 24.3 Å². The van der Waals surface area contributed by atoms with Crippen LogP contribution in [-0.2, 0) is 6.42 Å². The average Bonchev–Trinajstić information content (AvgIpc) is 2.76. The fourth-order valence-corrected chi connectivity index (χ4v) is 2.07. The lowest BCUT2D eigenvalue weighted by Gasteiger charge is -2.23. The Hall–Kier alpha value is -1.75. The van der Waals surface area contributed by atoms with Gasteiger partial charge in [-0.2, -0.15) is 13.2 Å². The molecule has 2 aromatic rings. The van der Waals surface area contributed by atoms with Crippen molar-refractivity contribution in [2.45, 2.75) is 12.7 Å². The van der Waals surface area contributed by atoms with Crippen LogP contribution in [0.15, 0.2) is 43.1 Å². The average molecular weight is 268 g/mol. The van der Waals surface area contributed by atoms with E-state index in [1.807, 2.05) is 24.3 Å². The van der Waals surface area contributed by atoms with Crippen molar-refractivity contribution < 1.29 is 13.2 Å². The third-order valence-electron chi connectivity index (χ3n) is 3.03. The van der Waals surface area contributed by atoms with Crippen LogP contribution in [0.3, 0.4) is 0 Å². The number of hydrogen-bond acceptors (Lipinski definition) is 1. The predicted octanol–water partition coefficient (Wildman–Crippen LogP) is 3.72. The number of halogens is 3. The van der Waals surface area contributed by atoms with Gasteiger partial charge in [0.15, 0.2) is 0 Å². The van der Waals surface area contributed by atoms with Crippen molar-refractivity contribution in [1.29, 1.82) is 0 Å². The molecule has 0 unspecified atom stereocenters. The molecule has 1 N–H and O–H groups in total. The predicted molar refractivity (Wildman–Crippen MR) is 69.8 cm³/mol. The summed E-state index contributed by atoms with van der Waals surface area (Å²) in [7, 11) is 0. The van der Waals surface area contributed by atoms with E-state index in [0.29, 0.717) is 11.3 Å². The van der Waals surface area contributed by atoms with E-state index < -0.39 is 6.30 Å². The first-order valence-corrected chi connectivity index (χ1v) is 6.00. The van der Waals surface area contributed by atoms with Crippen molar-refractivity contribution in [1.82, 2.24) is 9.88 Å². The van der Waals surface area contributed by atoms with E-state index in [1.54, 1.807) is 6.20 Å². The molecule has 2 rings (SSSR count). The number of fused-ring (bicyclic) bond motifs is 1. The van der Waals surface area contributed by atoms with Crippen molar-refractivity contribution in [3.63, 3.8) is 0 Å². The number of alkyl halides is 3. The van der Waals surface area contributed by atoms with E-state index in [4.69, 9.17) is 0 Å².